The molecule has 1 aliphatic rings. The van der Waals surface area contributed by atoms with E-state index in [2.05, 4.69) is 0 Å². The summed E-state index contributed by atoms with van der Waals surface area (Å²) in [6.45, 7) is 1.01. The number of benzene rings is 1. The van der Waals surface area contributed by atoms with Gasteiger partial charge in [0.15, 0.2) is 0 Å². The fraction of sp³-hybridized carbons (Fsp3) is 0.400. The van der Waals surface area contributed by atoms with Crippen LogP contribution in [-0.4, -0.2) is 31.0 Å². The maximum Gasteiger partial charge on any atom is 0.243 e. The number of hydrogen-bond donors (Lipinski definition) is 1. The van der Waals surface area contributed by atoms with E-state index in [4.69, 9.17) is 5.21 Å². The van der Waals surface area contributed by atoms with Crippen LogP contribution in [-0.2, 0) is 10.0 Å². The molecule has 0 bridgehead atoms. The lowest BCUT2D eigenvalue weighted by Crippen LogP contribution is -2.28. The van der Waals surface area contributed by atoms with Crippen molar-refractivity contribution >= 4 is 15.7 Å². The van der Waals surface area contributed by atoms with Gasteiger partial charge in [-0.05, 0) is 31.0 Å². The maximum atomic E-state index is 12.1. The van der Waals surface area contributed by atoms with Crippen LogP contribution in [0.25, 0.3) is 0 Å². The van der Waals surface area contributed by atoms with Gasteiger partial charge in [-0.25, -0.2) is 8.42 Å². The molecule has 1 N–H and O–H groups in total. The Morgan fingerprint density at radius 2 is 1.94 bits per heavy atom. The van der Waals surface area contributed by atoms with Crippen molar-refractivity contribution in [2.75, 3.05) is 18.3 Å². The van der Waals surface area contributed by atoms with Gasteiger partial charge in [0.25, 0.3) is 0 Å². The zero-order valence-corrected chi connectivity index (χ0v) is 9.93. The topological polar surface area (TPSA) is 83.9 Å². The van der Waals surface area contributed by atoms with Crippen molar-refractivity contribution in [2.24, 2.45) is 0 Å². The molecule has 0 aliphatic carbocycles. The highest BCUT2D eigenvalue weighted by molar-refractivity contribution is 7.89. The third-order valence-corrected chi connectivity index (χ3v) is 4.64. The Kier molecular flexibility index (Phi) is 3.34. The highest BCUT2D eigenvalue weighted by Gasteiger charge is 2.27. The van der Waals surface area contributed by atoms with E-state index in [0.29, 0.717) is 13.1 Å². The van der Waals surface area contributed by atoms with E-state index in [-0.39, 0.29) is 15.8 Å². The van der Waals surface area contributed by atoms with E-state index in [1.807, 2.05) is 0 Å². The molecule has 1 fully saturated rings. The van der Waals surface area contributed by atoms with Crippen LogP contribution in [0.1, 0.15) is 12.8 Å². The van der Waals surface area contributed by atoms with E-state index in [0.717, 1.165) is 12.8 Å². The van der Waals surface area contributed by atoms with Crippen molar-refractivity contribution < 1.29 is 13.6 Å². The van der Waals surface area contributed by atoms with Gasteiger partial charge in [-0.1, -0.05) is 6.07 Å². The highest BCUT2D eigenvalue weighted by Crippen LogP contribution is 2.23. The van der Waals surface area contributed by atoms with Gasteiger partial charge < -0.3 is 10.4 Å². The normalized spacial score (nSPS) is 17.3. The van der Waals surface area contributed by atoms with Crippen LogP contribution >= 0.6 is 0 Å². The molecule has 17 heavy (non-hydrogen) atoms. The van der Waals surface area contributed by atoms with Crippen LogP contribution in [0.15, 0.2) is 29.2 Å². The van der Waals surface area contributed by atoms with Crippen LogP contribution in [0.5, 0.6) is 0 Å². The van der Waals surface area contributed by atoms with Crippen molar-refractivity contribution in [1.29, 1.82) is 0 Å². The van der Waals surface area contributed by atoms with Crippen molar-refractivity contribution in [3.63, 3.8) is 0 Å². The van der Waals surface area contributed by atoms with Crippen LogP contribution < -0.4 is 5.23 Å². The van der Waals surface area contributed by atoms with Gasteiger partial charge in [-0.3, -0.25) is 5.21 Å². The first-order valence-electron chi connectivity index (χ1n) is 5.28. The zero-order chi connectivity index (χ0) is 12.5. The molecule has 0 spiro atoms. The van der Waals surface area contributed by atoms with Gasteiger partial charge in [-0.15, -0.1) is 0 Å². The summed E-state index contributed by atoms with van der Waals surface area (Å²) in [6, 6.07) is 5.36. The molecule has 1 heterocycles. The Bertz CT molecular complexity index is 495. The number of hydrogen-bond acceptors (Lipinski definition) is 5. The van der Waals surface area contributed by atoms with Gasteiger partial charge in [0.1, 0.15) is 0 Å². The minimum Gasteiger partial charge on any atom is -0.733 e. The monoisotopic (exact) mass is 257 g/mol. The Balaban J connectivity index is 2.35. The van der Waals surface area contributed by atoms with Crippen molar-refractivity contribution in [2.45, 2.75) is 17.7 Å². The van der Waals surface area contributed by atoms with E-state index in [1.165, 1.54) is 28.6 Å². The molecule has 6 nitrogen and oxygen atoms in total. The Morgan fingerprint density at radius 3 is 2.53 bits per heavy atom. The smallest absolute Gasteiger partial charge is 0.243 e. The molecule has 1 aromatic carbocycles. The Morgan fingerprint density at radius 1 is 1.29 bits per heavy atom. The Hall–Kier alpha value is -1.15. The van der Waals surface area contributed by atoms with Crippen LogP contribution in [0.3, 0.4) is 0 Å². The second-order valence-electron chi connectivity index (χ2n) is 3.88. The second-order valence-corrected chi connectivity index (χ2v) is 5.82. The summed E-state index contributed by atoms with van der Waals surface area (Å²) in [6.07, 6.45) is 1.71. The molecule has 0 aromatic heterocycles. The van der Waals surface area contributed by atoms with Crippen LogP contribution in [0.4, 0.5) is 5.69 Å². The molecule has 2 rings (SSSR count). The molecule has 0 amide bonds. The molecular formula is C10H13N2O4S-. The molecule has 1 saturated heterocycles. The van der Waals surface area contributed by atoms with Gasteiger partial charge in [0.05, 0.1) is 10.6 Å². The third kappa shape index (κ3) is 2.42. The minimum atomic E-state index is -3.54. The predicted octanol–water partition coefficient (Wildman–Crippen LogP) is 1.16. The molecular weight excluding hydrogens is 244 g/mol. The first kappa shape index (κ1) is 12.3. The minimum absolute atomic E-state index is 0.0341. The Labute approximate surface area is 99.7 Å². The van der Waals surface area contributed by atoms with Crippen molar-refractivity contribution in [3.05, 3.63) is 29.5 Å². The number of nitrogens with zero attached hydrogens (tertiary/aromatic N) is 2. The van der Waals surface area contributed by atoms with Gasteiger partial charge >= 0.3 is 0 Å². The van der Waals surface area contributed by atoms with Gasteiger partial charge in [-0.2, -0.15) is 4.31 Å². The standard InChI is InChI=1S/C10H13N2O4S/c13-12(14)9-4-3-5-10(8-9)17(15,16)11-6-1-2-7-11/h3-5,8,13H,1-2,6-7H2/q-1. The molecule has 0 atom stereocenters. The van der Waals surface area contributed by atoms with Crippen LogP contribution in [0, 0.1) is 5.21 Å². The average Bonchev–Trinajstić information content (AvgIpc) is 2.83. The molecule has 1 aromatic rings. The molecule has 7 heteroatoms. The molecule has 0 saturated carbocycles. The molecule has 94 valence electrons. The van der Waals surface area contributed by atoms with E-state index in [9.17, 15) is 13.6 Å². The summed E-state index contributed by atoms with van der Waals surface area (Å²) >= 11 is 0. The number of rotatable bonds is 3. The molecule has 0 unspecified atom stereocenters. The fourth-order valence-electron chi connectivity index (χ4n) is 1.84. The maximum absolute atomic E-state index is 12.1. The van der Waals surface area contributed by atoms with E-state index >= 15 is 0 Å². The first-order valence-corrected chi connectivity index (χ1v) is 6.72. The summed E-state index contributed by atoms with van der Waals surface area (Å²) < 4.78 is 25.7. The summed E-state index contributed by atoms with van der Waals surface area (Å²) in [5.74, 6) is 0. The fourth-order valence-corrected chi connectivity index (χ4v) is 3.40. The summed E-state index contributed by atoms with van der Waals surface area (Å²) in [5, 5.41) is 19.1. The molecule has 1 aliphatic heterocycles. The van der Waals surface area contributed by atoms with E-state index < -0.39 is 10.0 Å². The lowest BCUT2D eigenvalue weighted by Gasteiger charge is -2.23. The van der Waals surface area contributed by atoms with Crippen molar-refractivity contribution in [1.82, 2.24) is 4.31 Å². The van der Waals surface area contributed by atoms with Crippen LogP contribution in [0.2, 0.25) is 0 Å². The predicted molar refractivity (Wildman–Crippen MR) is 62.1 cm³/mol. The number of sulfonamides is 1. The third-order valence-electron chi connectivity index (χ3n) is 2.74. The SMILES string of the molecule is O=S(=O)(c1cccc(N([O-])O)c1)N1CCCC1. The first-order chi connectivity index (χ1) is 8.01. The quantitative estimate of drug-likeness (QED) is 0.821. The highest BCUT2D eigenvalue weighted by atomic mass is 32.2. The average molecular weight is 257 g/mol. The lowest BCUT2D eigenvalue weighted by atomic mass is 10.3. The summed E-state index contributed by atoms with van der Waals surface area (Å²) in [5.41, 5.74) is -0.0923. The summed E-state index contributed by atoms with van der Waals surface area (Å²) in [4.78, 5) is 0.0341. The zero-order valence-electron chi connectivity index (χ0n) is 9.11. The van der Waals surface area contributed by atoms with Crippen molar-refractivity contribution in [3.8, 4) is 0 Å². The summed E-state index contributed by atoms with van der Waals surface area (Å²) in [7, 11) is -3.54. The number of anilines is 1. The second kappa shape index (κ2) is 4.61. The van der Waals surface area contributed by atoms with Gasteiger partial charge in [0.2, 0.25) is 10.0 Å². The van der Waals surface area contributed by atoms with E-state index in [1.54, 1.807) is 0 Å². The van der Waals surface area contributed by atoms with Gasteiger partial charge in [0, 0.05) is 13.1 Å². The largest absolute Gasteiger partial charge is 0.733 e. The molecule has 0 radical (unpaired) electrons. The lowest BCUT2D eigenvalue weighted by molar-refractivity contribution is 0.296.